The van der Waals surface area contributed by atoms with E-state index in [0.717, 1.165) is 29.6 Å². The molecule has 9 aliphatic heterocycles. The van der Waals surface area contributed by atoms with Crippen LogP contribution >= 0.6 is 0 Å². The van der Waals surface area contributed by atoms with Crippen LogP contribution in [0.25, 0.3) is 34.1 Å². The van der Waals surface area contributed by atoms with Crippen molar-refractivity contribution in [2.24, 2.45) is 0 Å². The lowest BCUT2D eigenvalue weighted by Crippen LogP contribution is -2.55. The number of piperidine rings is 1. The summed E-state index contributed by atoms with van der Waals surface area (Å²) >= 11 is 0. The number of fused-ring (bicyclic) bond motifs is 20. The summed E-state index contributed by atoms with van der Waals surface area (Å²) in [7, 11) is -6.18. The number of nitrogens with two attached hydrogens (primary N) is 1. The van der Waals surface area contributed by atoms with E-state index >= 15 is 0 Å². The predicted molar refractivity (Wildman–Crippen MR) is 511 cm³/mol. The van der Waals surface area contributed by atoms with E-state index in [0.29, 0.717) is 100 Å². The third kappa shape index (κ3) is 20.0. The molecule has 61 heteroatoms. The van der Waals surface area contributed by atoms with Gasteiger partial charge in [0.15, 0.2) is 59.8 Å². The molecule has 58 nitrogen and oxygen atoms in total. The van der Waals surface area contributed by atoms with Crippen molar-refractivity contribution in [3.05, 3.63) is 226 Å². The number of hydrogen-bond donors (Lipinski definition) is 8. The molecule has 780 valence electrons. The average Bonchev–Trinajstić information content (AvgIpc) is 1.59. The Balaban J connectivity index is 0.000000119. The second-order valence-electron chi connectivity index (χ2n) is 38.5. The number of non-ortho nitro benzene ring substituents is 4. The van der Waals surface area contributed by atoms with Crippen molar-refractivity contribution in [2.45, 2.75) is 169 Å². The van der Waals surface area contributed by atoms with Crippen molar-refractivity contribution in [3.8, 4) is 68.6 Å². The molecule has 0 bridgehead atoms. The highest BCUT2D eigenvalue weighted by Gasteiger charge is 2.56. The maximum Gasteiger partial charge on any atom is 0.297 e. The minimum absolute atomic E-state index is 0.0137. The summed E-state index contributed by atoms with van der Waals surface area (Å²) in [4.78, 5) is 52.9. The molecule has 0 saturated carbocycles. The second-order valence-corrected chi connectivity index (χ2v) is 44.9. The average molecular weight is 2090 g/mol. The molecule has 149 heavy (non-hydrogen) atoms. The number of nitro groups is 4. The zero-order chi connectivity index (χ0) is 106. The Labute approximate surface area is 842 Å². The Morgan fingerprint density at radius 1 is 0.537 bits per heavy atom. The van der Waals surface area contributed by atoms with Crippen LogP contribution in [0.5, 0.6) is 34.5 Å². The first-order valence-corrected chi connectivity index (χ1v) is 50.4. The molecule has 3 fully saturated rings. The van der Waals surface area contributed by atoms with Crippen molar-refractivity contribution >= 4 is 64.3 Å². The Bertz CT molecular complexity index is 7580. The summed E-state index contributed by atoms with van der Waals surface area (Å²) in [6.45, 7) is 22.3. The van der Waals surface area contributed by atoms with E-state index in [4.69, 9.17) is 47.5 Å². The SMILES string of the molecule is CC1(O)COc2ccc(N)cc2-n2nnnc21.CC1(O)COc2ccc(Nc3ncc(F)c(N[C@@H]4C[C@@H]5CCCN5C(C)(C)C4)n3)cc2-n2nnnc21.CCC1(CO[Si](C)(C)C(C)(C)C)Oc2ccc([N+](=O)[O-])cc2-n2nnnc21.Cc1ccc(S(=O)(=O)OCC2(CO)Oc3ccc([N+](=O)[O-])cc3-n3nnnc32)cc1.O=[N+]([O-])c1ccc2c(c1)-n1nnnc1C(CO)(CO)O2.O=[N+]([O-])c1ccc2c(c1)-n1nnnc1C1(CO2)CO1. The minimum atomic E-state index is -4.16. The highest BCUT2D eigenvalue weighted by molar-refractivity contribution is 7.86. The fourth-order valence-corrected chi connectivity index (χ4v) is 19.4. The van der Waals surface area contributed by atoms with Crippen LogP contribution in [-0.2, 0) is 57.1 Å². The third-order valence-electron chi connectivity index (χ3n) is 26.6. The molecule has 7 atom stereocenters. The first-order chi connectivity index (χ1) is 70.8. The Morgan fingerprint density at radius 3 is 1.42 bits per heavy atom. The molecule has 7 aromatic heterocycles. The highest BCUT2D eigenvalue weighted by atomic mass is 32.2. The van der Waals surface area contributed by atoms with Crippen LogP contribution in [0.3, 0.4) is 0 Å². The number of rotatable bonds is 19. The van der Waals surface area contributed by atoms with E-state index in [2.05, 4.69) is 166 Å². The van der Waals surface area contributed by atoms with Crippen molar-refractivity contribution in [1.29, 1.82) is 0 Å². The molecule has 9 aliphatic rings. The van der Waals surface area contributed by atoms with Gasteiger partial charge in [-0.05, 0) is 227 Å². The van der Waals surface area contributed by atoms with Crippen molar-refractivity contribution in [2.75, 3.05) is 82.4 Å². The maximum absolute atomic E-state index is 14.7. The number of halogens is 1. The van der Waals surface area contributed by atoms with Gasteiger partial charge in [0, 0.05) is 77.5 Å². The van der Waals surface area contributed by atoms with Crippen molar-refractivity contribution < 1.29 is 99.8 Å². The predicted octanol–water partition coefficient (Wildman–Crippen LogP) is 6.38. The summed E-state index contributed by atoms with van der Waals surface area (Å²) in [5.41, 5.74) is 2.69. The Morgan fingerprint density at radius 2 is 0.946 bits per heavy atom. The number of aryl methyl sites for hydroxylation is 1. The zero-order valence-corrected chi connectivity index (χ0v) is 83.1. The fourth-order valence-electron chi connectivity index (χ4n) is 17.4. The number of nitrogens with one attached hydrogen (secondary N) is 2. The molecule has 1 spiro atoms. The quantitative estimate of drug-likeness (QED) is 0.0109. The molecule has 0 aliphatic carbocycles. The van der Waals surface area contributed by atoms with E-state index in [-0.39, 0.29) is 116 Å². The summed E-state index contributed by atoms with van der Waals surface area (Å²) in [6.07, 6.45) is 6.06. The molecule has 0 amide bonds. The van der Waals surface area contributed by atoms with Gasteiger partial charge in [-0.25, -0.2) is 9.37 Å². The molecule has 7 aromatic carbocycles. The van der Waals surface area contributed by atoms with Gasteiger partial charge in [-0.1, -0.05) is 45.4 Å². The summed E-state index contributed by atoms with van der Waals surface area (Å²) in [6, 6.07) is 33.5. The standard InChI is InChI=1S/C24H30FN9O2.C17H15N5O7S.C17H25N5O4Si.C10H9N5O5.C10H7N5O4.C10H11N5O2/c1-23(2)11-15(9-16-5-4-8-33(16)23)27-20-17(25)12-26-22(29-20)28-14-6-7-19-18(10-14)34-21(30-31-32-34)24(3,35)13-36-19;1-11-2-5-13(6-3-11)30(26,27)28-10-17(9-23)16-18-19-20-21(16)14-8-12(22(24)25)4-7-15(14)29-17;1-7-17(11-25-27(5,6)16(2,3)4)15-18-19-20-21(15)13-10-12(22(23)24)8-9-14(13)26-17;16-4-10(5-17)9-11-12-13-14(9)7-3-6(15(18)19)1-2-8(7)20-10;16-15(17)6-1-2-8-7(3-6)14-9(11-12-13-14)10(4-18-8)5-19-10;1-10(16)5-17-8-3-2-6(11)4-7(8)15-9(10)12-13-14-15/h6-7,10,12,15-16,35H,4-5,8-9,11,13H2,1-3H3,(H2,26,27,28,29);2-8,23H,9-10H2,1H3;8-10H,7,11H2,1-6H3;1-3,16-17H,4-5H2;1-3H,4-5H2;2-4,16H,5,11H2,1H3/t15-,16+,24?;;;;;/m1...../s1. The monoisotopic (exact) mass is 2090 g/mol. The molecule has 0 radical (unpaired) electrons. The number of aliphatic hydroxyl groups is 5. The topological polar surface area (TPSA) is 735 Å². The molecular formula is C88H97FN34O24SSi. The van der Waals surface area contributed by atoms with E-state index in [9.17, 15) is 78.8 Å². The number of anilines is 4. The number of ether oxygens (including phenoxy) is 7. The Hall–Kier alpha value is -16.4. The van der Waals surface area contributed by atoms with Crippen LogP contribution in [0.2, 0.25) is 18.1 Å². The number of benzene rings is 7. The normalized spacial score (nSPS) is 21.0. The molecular weight excluding hydrogens is 2000 g/mol. The van der Waals surface area contributed by atoms with E-state index in [1.165, 1.54) is 115 Å². The van der Waals surface area contributed by atoms with Gasteiger partial charge in [-0.15, -0.1) is 30.6 Å². The van der Waals surface area contributed by atoms with Gasteiger partial charge in [0.2, 0.25) is 34.6 Å². The van der Waals surface area contributed by atoms with Gasteiger partial charge >= 0.3 is 0 Å². The van der Waals surface area contributed by atoms with Crippen LogP contribution in [0.1, 0.15) is 128 Å². The van der Waals surface area contributed by atoms with Gasteiger partial charge in [-0.3, -0.25) is 49.5 Å². The molecule has 14 aromatic rings. The van der Waals surface area contributed by atoms with Gasteiger partial charge in [0.05, 0.1) is 63.8 Å². The lowest BCUT2D eigenvalue weighted by atomic mass is 9.84. The number of aliphatic hydroxyl groups excluding tert-OH is 3. The smallest absolute Gasteiger partial charge is 0.297 e. The lowest BCUT2D eigenvalue weighted by Gasteiger charge is -2.47. The van der Waals surface area contributed by atoms with Gasteiger partial charge < -0.3 is 79.5 Å². The fraction of sp³-hybridized carbons (Fsp3) is 0.409. The Kier molecular flexibility index (Phi) is 27.1. The first-order valence-electron chi connectivity index (χ1n) is 46.1. The number of tetrazole rings is 6. The molecule has 23 rings (SSSR count). The number of nitrogen functional groups attached to an aromatic ring is 1. The second kappa shape index (κ2) is 39.4. The maximum atomic E-state index is 14.7. The summed E-state index contributed by atoms with van der Waals surface area (Å²) in [5, 5.41) is 169. The minimum Gasteiger partial charge on any atom is -0.488 e. The molecule has 5 unspecified atom stereocenters. The first kappa shape index (κ1) is 103. The number of aromatic nitrogens is 26. The van der Waals surface area contributed by atoms with Crippen LogP contribution in [0.15, 0.2) is 145 Å². The number of epoxide rings is 1. The molecule has 9 N–H and O–H groups in total. The van der Waals surface area contributed by atoms with E-state index < -0.39 is 104 Å². The number of hydrogen-bond acceptors (Lipinski definition) is 48. The highest BCUT2D eigenvalue weighted by Crippen LogP contribution is 2.49. The molecule has 3 saturated heterocycles. The lowest BCUT2D eigenvalue weighted by molar-refractivity contribution is -0.385. The van der Waals surface area contributed by atoms with E-state index in [1.807, 2.05) is 13.8 Å². The largest absolute Gasteiger partial charge is 0.488 e. The number of nitrogens with zero attached hydrogens (tertiary/aromatic N) is 31. The van der Waals surface area contributed by atoms with E-state index in [1.54, 1.807) is 74.5 Å². The van der Waals surface area contributed by atoms with Crippen LogP contribution < -0.4 is 44.8 Å². The number of nitro benzene ring substituents is 4. The van der Waals surface area contributed by atoms with Crippen LogP contribution in [0, 0.1) is 53.2 Å². The van der Waals surface area contributed by atoms with Crippen molar-refractivity contribution in [3.63, 3.8) is 0 Å². The van der Waals surface area contributed by atoms with Crippen LogP contribution in [0.4, 0.5) is 50.3 Å². The van der Waals surface area contributed by atoms with Crippen molar-refractivity contribution in [1.82, 2.24) is 136 Å². The summed E-state index contributed by atoms with van der Waals surface area (Å²) in [5.74, 6) is 4.06. The van der Waals surface area contributed by atoms with Gasteiger partial charge in [-0.2, -0.15) is 41.5 Å². The third-order valence-corrected chi connectivity index (χ3v) is 32.3. The zero-order valence-electron chi connectivity index (χ0n) is 81.3. The van der Waals surface area contributed by atoms with Crippen LogP contribution in [-0.4, -0.2) is 282 Å². The van der Waals surface area contributed by atoms with Gasteiger partial charge in [0.1, 0.15) is 95.0 Å². The van der Waals surface area contributed by atoms with Gasteiger partial charge in [0.25, 0.3) is 32.9 Å². The molecule has 16 heterocycles. The summed E-state index contributed by atoms with van der Waals surface area (Å²) < 4.78 is 99.6.